The van der Waals surface area contributed by atoms with Gasteiger partial charge < -0.3 is 15.0 Å². The van der Waals surface area contributed by atoms with Crippen LogP contribution >= 0.6 is 15.9 Å². The number of benzene rings is 2. The van der Waals surface area contributed by atoms with Gasteiger partial charge in [0.15, 0.2) is 6.61 Å². The first-order valence-electron chi connectivity index (χ1n) is 8.96. The number of carbonyl (C=O) groups is 3. The Bertz CT molecular complexity index is 885. The molecule has 1 aliphatic rings. The van der Waals surface area contributed by atoms with Crippen LogP contribution in [0.1, 0.15) is 17.5 Å². The van der Waals surface area contributed by atoms with E-state index in [1.54, 1.807) is 11.0 Å². The van der Waals surface area contributed by atoms with Crippen LogP contribution in [0.5, 0.6) is 0 Å². The number of rotatable bonds is 6. The second-order valence-electron chi connectivity index (χ2n) is 6.78. The topological polar surface area (TPSA) is 75.7 Å². The lowest BCUT2D eigenvalue weighted by molar-refractivity contribution is -0.151. The average molecular weight is 445 g/mol. The Labute approximate surface area is 172 Å². The number of anilines is 1. The van der Waals surface area contributed by atoms with Gasteiger partial charge >= 0.3 is 5.97 Å². The van der Waals surface area contributed by atoms with Crippen LogP contribution in [-0.2, 0) is 25.7 Å². The molecule has 0 aromatic heterocycles. The van der Waals surface area contributed by atoms with Gasteiger partial charge in [0.2, 0.25) is 5.91 Å². The molecule has 0 unspecified atom stereocenters. The minimum absolute atomic E-state index is 0.0826. The largest absolute Gasteiger partial charge is 0.455 e. The maximum absolute atomic E-state index is 12.3. The van der Waals surface area contributed by atoms with Crippen LogP contribution in [0.3, 0.4) is 0 Å². The highest BCUT2D eigenvalue weighted by Crippen LogP contribution is 2.22. The first kappa shape index (κ1) is 20.1. The summed E-state index contributed by atoms with van der Waals surface area (Å²) in [5, 5.41) is 2.72. The number of amides is 2. The summed E-state index contributed by atoms with van der Waals surface area (Å²) < 4.78 is 6.05. The van der Waals surface area contributed by atoms with Crippen molar-refractivity contribution in [2.75, 3.05) is 18.5 Å². The van der Waals surface area contributed by atoms with E-state index in [1.807, 2.05) is 49.4 Å². The number of aryl methyl sites for hydroxylation is 1. The highest BCUT2D eigenvalue weighted by Gasteiger charge is 2.35. The monoisotopic (exact) mass is 444 g/mol. The predicted octanol–water partition coefficient (Wildman–Crippen LogP) is 3.29. The molecule has 0 bridgehead atoms. The molecule has 6 nitrogen and oxygen atoms in total. The zero-order valence-electron chi connectivity index (χ0n) is 15.5. The first-order valence-corrected chi connectivity index (χ1v) is 9.76. The molecule has 2 amide bonds. The van der Waals surface area contributed by atoms with Crippen molar-refractivity contribution in [1.29, 1.82) is 0 Å². The lowest BCUT2D eigenvalue weighted by atomic mass is 10.1. The van der Waals surface area contributed by atoms with Gasteiger partial charge in [0.05, 0.1) is 5.92 Å². The Balaban J connectivity index is 1.48. The van der Waals surface area contributed by atoms with E-state index in [-0.39, 0.29) is 18.9 Å². The van der Waals surface area contributed by atoms with Crippen molar-refractivity contribution >= 4 is 39.4 Å². The third-order valence-electron chi connectivity index (χ3n) is 4.57. The van der Waals surface area contributed by atoms with Gasteiger partial charge in [0.25, 0.3) is 5.91 Å². The molecule has 1 aliphatic heterocycles. The van der Waals surface area contributed by atoms with Gasteiger partial charge in [-0.2, -0.15) is 0 Å². The molecule has 2 aromatic carbocycles. The molecule has 0 radical (unpaired) electrons. The number of nitrogens with one attached hydrogen (secondary N) is 1. The van der Waals surface area contributed by atoms with E-state index in [0.717, 1.165) is 15.6 Å². The van der Waals surface area contributed by atoms with Crippen molar-refractivity contribution in [2.24, 2.45) is 5.92 Å². The van der Waals surface area contributed by atoms with Crippen LogP contribution in [-0.4, -0.2) is 35.8 Å². The number of esters is 1. The molecule has 3 rings (SSSR count). The zero-order valence-corrected chi connectivity index (χ0v) is 17.1. The van der Waals surface area contributed by atoms with Gasteiger partial charge in [-0.15, -0.1) is 0 Å². The summed E-state index contributed by atoms with van der Waals surface area (Å²) in [4.78, 5) is 38.1. The Morgan fingerprint density at radius 3 is 2.68 bits per heavy atom. The molecule has 0 aliphatic carbocycles. The summed E-state index contributed by atoms with van der Waals surface area (Å²) in [5.41, 5.74) is 2.57. The summed E-state index contributed by atoms with van der Waals surface area (Å²) in [5.74, 6) is -1.56. The van der Waals surface area contributed by atoms with Crippen molar-refractivity contribution in [3.63, 3.8) is 0 Å². The van der Waals surface area contributed by atoms with Gasteiger partial charge in [-0.1, -0.05) is 46.3 Å². The molecule has 1 N–H and O–H groups in total. The highest BCUT2D eigenvalue weighted by molar-refractivity contribution is 9.10. The molecule has 28 heavy (non-hydrogen) atoms. The van der Waals surface area contributed by atoms with Crippen molar-refractivity contribution in [3.8, 4) is 0 Å². The summed E-state index contributed by atoms with van der Waals surface area (Å²) in [6.07, 6.45) is 0.110. The SMILES string of the molecule is Cc1cc(Br)ccc1NC(=O)COC(=O)[C@H]1CC(=O)N(Cc2ccccc2)C1. The molecule has 2 aromatic rings. The van der Waals surface area contributed by atoms with E-state index in [1.165, 1.54) is 0 Å². The van der Waals surface area contributed by atoms with Crippen LogP contribution in [0.25, 0.3) is 0 Å². The third-order valence-corrected chi connectivity index (χ3v) is 5.07. The molecule has 7 heteroatoms. The Morgan fingerprint density at radius 2 is 1.96 bits per heavy atom. The normalized spacial score (nSPS) is 16.1. The van der Waals surface area contributed by atoms with Crippen LogP contribution < -0.4 is 5.32 Å². The summed E-state index contributed by atoms with van der Waals surface area (Å²) in [6, 6.07) is 15.1. The van der Waals surface area contributed by atoms with Gasteiger partial charge in [-0.05, 0) is 36.2 Å². The minimum Gasteiger partial charge on any atom is -0.455 e. The molecule has 146 valence electrons. The number of carbonyl (C=O) groups excluding carboxylic acids is 3. The van der Waals surface area contributed by atoms with E-state index in [4.69, 9.17) is 4.74 Å². The smallest absolute Gasteiger partial charge is 0.311 e. The molecule has 1 atom stereocenters. The quantitative estimate of drug-likeness (QED) is 0.693. The van der Waals surface area contributed by atoms with Crippen LogP contribution in [0.4, 0.5) is 5.69 Å². The van der Waals surface area contributed by atoms with E-state index in [2.05, 4.69) is 21.2 Å². The van der Waals surface area contributed by atoms with Crippen molar-refractivity contribution in [1.82, 2.24) is 4.90 Å². The molecule has 0 spiro atoms. The fraction of sp³-hybridized carbons (Fsp3) is 0.286. The second-order valence-corrected chi connectivity index (χ2v) is 7.69. The molecule has 1 saturated heterocycles. The fourth-order valence-corrected chi connectivity index (χ4v) is 3.57. The predicted molar refractivity (Wildman–Crippen MR) is 108 cm³/mol. The van der Waals surface area contributed by atoms with E-state index in [9.17, 15) is 14.4 Å². The van der Waals surface area contributed by atoms with Crippen LogP contribution in [0.15, 0.2) is 53.0 Å². The number of halogens is 1. The van der Waals surface area contributed by atoms with Crippen LogP contribution in [0, 0.1) is 12.8 Å². The highest BCUT2D eigenvalue weighted by atomic mass is 79.9. The van der Waals surface area contributed by atoms with Gasteiger partial charge in [0.1, 0.15) is 0 Å². The van der Waals surface area contributed by atoms with Crippen molar-refractivity contribution < 1.29 is 19.1 Å². The number of ether oxygens (including phenoxy) is 1. The third kappa shape index (κ3) is 5.19. The molecule has 1 fully saturated rings. The Hall–Kier alpha value is -2.67. The fourth-order valence-electron chi connectivity index (χ4n) is 3.09. The van der Waals surface area contributed by atoms with Gasteiger partial charge in [0, 0.05) is 29.7 Å². The van der Waals surface area contributed by atoms with E-state index in [0.29, 0.717) is 18.8 Å². The zero-order chi connectivity index (χ0) is 20.1. The Kier molecular flexibility index (Phi) is 6.46. The summed E-state index contributed by atoms with van der Waals surface area (Å²) >= 11 is 3.37. The maximum Gasteiger partial charge on any atom is 0.311 e. The number of likely N-dealkylation sites (tertiary alicyclic amines) is 1. The molecular weight excluding hydrogens is 424 g/mol. The number of nitrogens with zero attached hydrogens (tertiary/aromatic N) is 1. The van der Waals surface area contributed by atoms with Gasteiger partial charge in [-0.3, -0.25) is 14.4 Å². The second kappa shape index (κ2) is 9.01. The first-order chi connectivity index (χ1) is 13.4. The van der Waals surface area contributed by atoms with Crippen molar-refractivity contribution in [3.05, 3.63) is 64.1 Å². The molecular formula is C21H21BrN2O4. The molecule has 1 heterocycles. The number of hydrogen-bond acceptors (Lipinski definition) is 4. The summed E-state index contributed by atoms with van der Waals surface area (Å²) in [6.45, 7) is 2.27. The lowest BCUT2D eigenvalue weighted by Gasteiger charge is -2.16. The van der Waals surface area contributed by atoms with E-state index < -0.39 is 17.8 Å². The van der Waals surface area contributed by atoms with Crippen molar-refractivity contribution in [2.45, 2.75) is 19.9 Å². The Morgan fingerprint density at radius 1 is 1.21 bits per heavy atom. The lowest BCUT2D eigenvalue weighted by Crippen LogP contribution is -2.28. The average Bonchev–Trinajstić information content (AvgIpc) is 3.03. The van der Waals surface area contributed by atoms with Crippen LogP contribution in [0.2, 0.25) is 0 Å². The number of hydrogen-bond donors (Lipinski definition) is 1. The van der Waals surface area contributed by atoms with E-state index >= 15 is 0 Å². The van der Waals surface area contributed by atoms with Gasteiger partial charge in [-0.25, -0.2) is 0 Å². The standard InChI is InChI=1S/C21H21BrN2O4/c1-14-9-17(22)7-8-18(14)23-19(25)13-28-21(27)16-10-20(26)24(12-16)11-15-5-3-2-4-6-15/h2-9,16H,10-13H2,1H3,(H,23,25)/t16-/m0/s1. The molecule has 0 saturated carbocycles. The summed E-state index contributed by atoms with van der Waals surface area (Å²) in [7, 11) is 0. The maximum atomic E-state index is 12.3. The minimum atomic E-state index is -0.543.